The van der Waals surface area contributed by atoms with Crippen LogP contribution in [-0.4, -0.2) is 10.2 Å². The summed E-state index contributed by atoms with van der Waals surface area (Å²) >= 11 is 1.59. The summed E-state index contributed by atoms with van der Waals surface area (Å²) in [6.45, 7) is 6.81. The van der Waals surface area contributed by atoms with E-state index in [2.05, 4.69) is 29.4 Å². The van der Waals surface area contributed by atoms with E-state index >= 15 is 0 Å². The standard InChI is InChI=1S/C11H15N3OS/c1-7(2)10-13-14-11(16-10)12-6-9-5-4-8(3)15-9/h4-5,7H,6H2,1-3H3,(H,12,14). The highest BCUT2D eigenvalue weighted by Gasteiger charge is 2.07. The number of hydrogen-bond acceptors (Lipinski definition) is 5. The van der Waals surface area contributed by atoms with E-state index in [1.807, 2.05) is 19.1 Å². The van der Waals surface area contributed by atoms with Crippen molar-refractivity contribution in [1.82, 2.24) is 10.2 Å². The van der Waals surface area contributed by atoms with Gasteiger partial charge >= 0.3 is 0 Å². The molecule has 2 rings (SSSR count). The van der Waals surface area contributed by atoms with Gasteiger partial charge in [-0.05, 0) is 19.1 Å². The lowest BCUT2D eigenvalue weighted by Gasteiger charge is -1.98. The highest BCUT2D eigenvalue weighted by Crippen LogP contribution is 2.22. The zero-order chi connectivity index (χ0) is 11.5. The Morgan fingerprint density at radius 2 is 2.19 bits per heavy atom. The summed E-state index contributed by atoms with van der Waals surface area (Å²) in [7, 11) is 0. The van der Waals surface area contributed by atoms with E-state index < -0.39 is 0 Å². The first-order valence-corrected chi connectivity index (χ1v) is 6.09. The van der Waals surface area contributed by atoms with Crippen molar-refractivity contribution in [1.29, 1.82) is 0 Å². The smallest absolute Gasteiger partial charge is 0.206 e. The molecule has 2 aromatic heterocycles. The van der Waals surface area contributed by atoms with E-state index in [9.17, 15) is 0 Å². The van der Waals surface area contributed by atoms with E-state index in [0.29, 0.717) is 12.5 Å². The summed E-state index contributed by atoms with van der Waals surface area (Å²) in [4.78, 5) is 0. The largest absolute Gasteiger partial charge is 0.465 e. The first-order valence-electron chi connectivity index (χ1n) is 5.27. The van der Waals surface area contributed by atoms with Crippen LogP contribution in [0.25, 0.3) is 0 Å². The molecule has 0 aliphatic heterocycles. The molecule has 2 aromatic rings. The summed E-state index contributed by atoms with van der Waals surface area (Å²) in [5, 5.41) is 13.3. The summed E-state index contributed by atoms with van der Waals surface area (Å²) < 4.78 is 5.45. The first kappa shape index (κ1) is 11.1. The lowest BCUT2D eigenvalue weighted by atomic mass is 10.2. The van der Waals surface area contributed by atoms with Gasteiger partial charge in [0.15, 0.2) is 0 Å². The Morgan fingerprint density at radius 3 is 2.75 bits per heavy atom. The SMILES string of the molecule is Cc1ccc(CNc2nnc(C(C)C)s2)o1. The number of aromatic nitrogens is 2. The van der Waals surface area contributed by atoms with Crippen molar-refractivity contribution in [3.05, 3.63) is 28.7 Å². The van der Waals surface area contributed by atoms with Gasteiger partial charge < -0.3 is 9.73 Å². The van der Waals surface area contributed by atoms with Crippen molar-refractivity contribution in [2.24, 2.45) is 0 Å². The lowest BCUT2D eigenvalue weighted by Crippen LogP contribution is -1.97. The maximum atomic E-state index is 5.45. The summed E-state index contributed by atoms with van der Waals surface area (Å²) in [5.74, 6) is 2.27. The van der Waals surface area contributed by atoms with Gasteiger partial charge in [-0.1, -0.05) is 25.2 Å². The maximum absolute atomic E-state index is 5.45. The molecule has 0 saturated heterocycles. The van der Waals surface area contributed by atoms with Crippen LogP contribution in [0.15, 0.2) is 16.5 Å². The minimum absolute atomic E-state index is 0.430. The number of aryl methyl sites for hydroxylation is 1. The van der Waals surface area contributed by atoms with Crippen molar-refractivity contribution in [2.75, 3.05) is 5.32 Å². The summed E-state index contributed by atoms with van der Waals surface area (Å²) in [6.07, 6.45) is 0. The highest BCUT2D eigenvalue weighted by molar-refractivity contribution is 7.15. The second-order valence-electron chi connectivity index (χ2n) is 3.97. The van der Waals surface area contributed by atoms with Gasteiger partial charge in [0.25, 0.3) is 0 Å². The quantitative estimate of drug-likeness (QED) is 0.887. The van der Waals surface area contributed by atoms with Gasteiger partial charge in [-0.15, -0.1) is 10.2 Å². The summed E-state index contributed by atoms with van der Waals surface area (Å²) in [5.41, 5.74) is 0. The topological polar surface area (TPSA) is 51.0 Å². The third-order valence-corrected chi connectivity index (χ3v) is 3.33. The van der Waals surface area contributed by atoms with Crippen LogP contribution in [0, 0.1) is 6.92 Å². The minimum Gasteiger partial charge on any atom is -0.465 e. The Labute approximate surface area is 98.7 Å². The zero-order valence-corrected chi connectivity index (χ0v) is 10.5. The molecular formula is C11H15N3OS. The number of furan rings is 1. The fraction of sp³-hybridized carbons (Fsp3) is 0.455. The number of nitrogens with one attached hydrogen (secondary N) is 1. The van der Waals surface area contributed by atoms with E-state index in [-0.39, 0.29) is 0 Å². The fourth-order valence-corrected chi connectivity index (χ4v) is 2.02. The molecule has 0 aromatic carbocycles. The van der Waals surface area contributed by atoms with Gasteiger partial charge in [-0.25, -0.2) is 0 Å². The molecule has 4 nitrogen and oxygen atoms in total. The molecule has 0 aliphatic rings. The third kappa shape index (κ3) is 2.61. The van der Waals surface area contributed by atoms with Gasteiger partial charge in [0.05, 0.1) is 6.54 Å². The molecule has 0 unspecified atom stereocenters. The van der Waals surface area contributed by atoms with Crippen LogP contribution in [0.2, 0.25) is 0 Å². The normalized spacial score (nSPS) is 11.0. The molecule has 0 fully saturated rings. The van der Waals surface area contributed by atoms with E-state index in [4.69, 9.17) is 4.42 Å². The fourth-order valence-electron chi connectivity index (χ4n) is 1.28. The molecule has 0 amide bonds. The van der Waals surface area contributed by atoms with E-state index in [0.717, 1.165) is 21.7 Å². The highest BCUT2D eigenvalue weighted by atomic mass is 32.1. The van der Waals surface area contributed by atoms with Gasteiger partial charge in [-0.3, -0.25) is 0 Å². The second-order valence-corrected chi connectivity index (χ2v) is 4.98. The summed E-state index contributed by atoms with van der Waals surface area (Å²) in [6, 6.07) is 3.92. The van der Waals surface area contributed by atoms with Crippen LogP contribution < -0.4 is 5.32 Å². The Balaban J connectivity index is 1.94. The lowest BCUT2D eigenvalue weighted by molar-refractivity contribution is 0.490. The minimum atomic E-state index is 0.430. The number of rotatable bonds is 4. The molecular weight excluding hydrogens is 222 g/mol. The molecule has 1 N–H and O–H groups in total. The van der Waals surface area contributed by atoms with Gasteiger partial charge in [-0.2, -0.15) is 0 Å². The third-order valence-electron chi connectivity index (χ3n) is 2.14. The zero-order valence-electron chi connectivity index (χ0n) is 9.65. The molecule has 0 radical (unpaired) electrons. The number of hydrogen-bond donors (Lipinski definition) is 1. The van der Waals surface area contributed by atoms with Crippen molar-refractivity contribution < 1.29 is 4.42 Å². The molecule has 0 bridgehead atoms. The van der Waals surface area contributed by atoms with Crippen molar-refractivity contribution in [3.8, 4) is 0 Å². The van der Waals surface area contributed by atoms with E-state index in [1.54, 1.807) is 11.3 Å². The molecule has 0 saturated carbocycles. The van der Waals surface area contributed by atoms with Gasteiger partial charge in [0.1, 0.15) is 16.5 Å². The Hall–Kier alpha value is -1.36. The average Bonchev–Trinajstić information content (AvgIpc) is 2.83. The molecule has 5 heteroatoms. The van der Waals surface area contributed by atoms with Crippen molar-refractivity contribution >= 4 is 16.5 Å². The Morgan fingerprint density at radius 1 is 1.38 bits per heavy atom. The maximum Gasteiger partial charge on any atom is 0.206 e. The average molecular weight is 237 g/mol. The number of nitrogens with zero attached hydrogens (tertiary/aromatic N) is 2. The van der Waals surface area contributed by atoms with Crippen LogP contribution in [-0.2, 0) is 6.54 Å². The molecule has 16 heavy (non-hydrogen) atoms. The van der Waals surface area contributed by atoms with Crippen LogP contribution in [0.3, 0.4) is 0 Å². The van der Waals surface area contributed by atoms with Crippen molar-refractivity contribution in [2.45, 2.75) is 33.2 Å². The van der Waals surface area contributed by atoms with Crippen LogP contribution in [0.1, 0.15) is 36.3 Å². The molecule has 0 aliphatic carbocycles. The predicted octanol–water partition coefficient (Wildman–Crippen LogP) is 3.18. The molecule has 0 spiro atoms. The van der Waals surface area contributed by atoms with Crippen LogP contribution in [0.4, 0.5) is 5.13 Å². The Kier molecular flexibility index (Phi) is 3.24. The Bertz CT molecular complexity index is 461. The first-order chi connectivity index (χ1) is 7.65. The molecule has 86 valence electrons. The second kappa shape index (κ2) is 4.65. The van der Waals surface area contributed by atoms with Gasteiger partial charge in [0.2, 0.25) is 5.13 Å². The molecule has 0 atom stereocenters. The van der Waals surface area contributed by atoms with E-state index in [1.165, 1.54) is 0 Å². The predicted molar refractivity (Wildman–Crippen MR) is 64.8 cm³/mol. The van der Waals surface area contributed by atoms with Gasteiger partial charge in [0, 0.05) is 5.92 Å². The van der Waals surface area contributed by atoms with Crippen molar-refractivity contribution in [3.63, 3.8) is 0 Å². The monoisotopic (exact) mass is 237 g/mol. The number of anilines is 1. The van der Waals surface area contributed by atoms with Crippen LogP contribution in [0.5, 0.6) is 0 Å². The van der Waals surface area contributed by atoms with Crippen LogP contribution >= 0.6 is 11.3 Å². The molecule has 2 heterocycles.